The number of anilines is 2. The summed E-state index contributed by atoms with van der Waals surface area (Å²) >= 11 is 0. The Kier molecular flexibility index (Phi) is 3.52. The van der Waals surface area contributed by atoms with Crippen molar-refractivity contribution in [3.63, 3.8) is 0 Å². The zero-order chi connectivity index (χ0) is 14.9. The Morgan fingerprint density at radius 3 is 2.19 bits per heavy atom. The Morgan fingerprint density at radius 1 is 0.762 bits per heavy atom. The minimum Gasteiger partial charge on any atom is -0.354 e. The highest BCUT2D eigenvalue weighted by atomic mass is 31.2. The number of nitrogens with one attached hydrogen (secondary N) is 1. The highest BCUT2D eigenvalue weighted by molar-refractivity contribution is 7.60. The number of hydrogen-bond donors (Lipinski definition) is 3. The SMILES string of the molecule is O=P(O)(O)c1ccccc1Nc1cccc2ccccc12. The standard InChI is InChI=1S/C16H14NO3P/c18-21(19,20)16-11-4-3-9-15(16)17-14-10-5-7-12-6-1-2-8-13(12)14/h1-11,17H,(H2,18,19,20). The van der Waals surface area contributed by atoms with Gasteiger partial charge in [0.2, 0.25) is 0 Å². The van der Waals surface area contributed by atoms with Gasteiger partial charge in [0.25, 0.3) is 0 Å². The fraction of sp³-hybridized carbons (Fsp3) is 0. The van der Waals surface area contributed by atoms with E-state index in [-0.39, 0.29) is 5.30 Å². The maximum absolute atomic E-state index is 11.6. The molecule has 0 saturated heterocycles. The molecule has 0 bridgehead atoms. The van der Waals surface area contributed by atoms with E-state index in [4.69, 9.17) is 0 Å². The van der Waals surface area contributed by atoms with Gasteiger partial charge in [0.05, 0.1) is 11.0 Å². The van der Waals surface area contributed by atoms with Gasteiger partial charge in [-0.2, -0.15) is 0 Å². The third-order valence-electron chi connectivity index (χ3n) is 3.28. The lowest BCUT2D eigenvalue weighted by Gasteiger charge is -2.14. The molecule has 3 N–H and O–H groups in total. The fourth-order valence-electron chi connectivity index (χ4n) is 2.31. The molecule has 0 aliphatic rings. The molecule has 0 radical (unpaired) electrons. The molecule has 0 aliphatic carbocycles. The molecule has 3 rings (SSSR count). The number of hydrogen-bond acceptors (Lipinski definition) is 2. The molecule has 3 aromatic rings. The molecule has 0 aliphatic heterocycles. The summed E-state index contributed by atoms with van der Waals surface area (Å²) in [6, 6.07) is 20.1. The summed E-state index contributed by atoms with van der Waals surface area (Å²) < 4.78 is 11.6. The van der Waals surface area contributed by atoms with Gasteiger partial charge >= 0.3 is 7.60 Å². The minimum atomic E-state index is -4.32. The maximum atomic E-state index is 11.6. The summed E-state index contributed by atoms with van der Waals surface area (Å²) in [5.41, 5.74) is 1.23. The van der Waals surface area contributed by atoms with Gasteiger partial charge in [-0.25, -0.2) is 0 Å². The van der Waals surface area contributed by atoms with Crippen LogP contribution < -0.4 is 10.6 Å². The van der Waals surface area contributed by atoms with Crippen molar-refractivity contribution in [1.82, 2.24) is 0 Å². The van der Waals surface area contributed by atoms with Gasteiger partial charge in [0.1, 0.15) is 0 Å². The van der Waals surface area contributed by atoms with Crippen LogP contribution in [-0.2, 0) is 4.57 Å². The summed E-state index contributed by atoms with van der Waals surface area (Å²) in [5.74, 6) is 0. The van der Waals surface area contributed by atoms with E-state index in [0.29, 0.717) is 5.69 Å². The van der Waals surface area contributed by atoms with E-state index in [9.17, 15) is 14.4 Å². The Labute approximate surface area is 122 Å². The monoisotopic (exact) mass is 299 g/mol. The normalized spacial score (nSPS) is 11.5. The van der Waals surface area contributed by atoms with Crippen molar-refractivity contribution < 1.29 is 14.4 Å². The Bertz CT molecular complexity index is 836. The summed E-state index contributed by atoms with van der Waals surface area (Å²) in [6.07, 6.45) is 0. The van der Waals surface area contributed by atoms with Crippen molar-refractivity contribution in [1.29, 1.82) is 0 Å². The zero-order valence-electron chi connectivity index (χ0n) is 11.1. The van der Waals surface area contributed by atoms with Crippen LogP contribution in [0, 0.1) is 0 Å². The second-order valence-electron chi connectivity index (χ2n) is 4.71. The molecule has 0 atom stereocenters. The zero-order valence-corrected chi connectivity index (χ0v) is 12.0. The van der Waals surface area contributed by atoms with Crippen LogP contribution in [0.5, 0.6) is 0 Å². The molecule has 3 aromatic carbocycles. The van der Waals surface area contributed by atoms with E-state index < -0.39 is 7.60 Å². The average molecular weight is 299 g/mol. The fourth-order valence-corrected chi connectivity index (χ4v) is 3.04. The Hall–Kier alpha value is -2.13. The number of fused-ring (bicyclic) bond motifs is 1. The molecule has 0 amide bonds. The largest absolute Gasteiger partial charge is 0.358 e. The first-order valence-corrected chi connectivity index (χ1v) is 8.07. The van der Waals surface area contributed by atoms with Crippen LogP contribution in [0.4, 0.5) is 11.4 Å². The molecule has 0 unspecified atom stereocenters. The van der Waals surface area contributed by atoms with E-state index in [1.54, 1.807) is 18.2 Å². The van der Waals surface area contributed by atoms with E-state index >= 15 is 0 Å². The molecule has 21 heavy (non-hydrogen) atoms. The van der Waals surface area contributed by atoms with Crippen molar-refractivity contribution in [2.45, 2.75) is 0 Å². The minimum absolute atomic E-state index is 0.00191. The van der Waals surface area contributed by atoms with Gasteiger partial charge < -0.3 is 15.1 Å². The van der Waals surface area contributed by atoms with Gasteiger partial charge in [0, 0.05) is 11.1 Å². The molecular weight excluding hydrogens is 285 g/mol. The third kappa shape index (κ3) is 2.83. The van der Waals surface area contributed by atoms with Crippen LogP contribution in [0.25, 0.3) is 10.8 Å². The average Bonchev–Trinajstić information content (AvgIpc) is 2.47. The second kappa shape index (κ2) is 5.34. The van der Waals surface area contributed by atoms with Gasteiger partial charge in [-0.05, 0) is 23.6 Å². The van der Waals surface area contributed by atoms with Crippen molar-refractivity contribution in [3.05, 3.63) is 66.7 Å². The molecule has 0 aromatic heterocycles. The molecule has 4 nitrogen and oxygen atoms in total. The Morgan fingerprint density at radius 2 is 1.38 bits per heavy atom. The lowest BCUT2D eigenvalue weighted by atomic mass is 10.1. The highest BCUT2D eigenvalue weighted by Gasteiger charge is 2.21. The van der Waals surface area contributed by atoms with Crippen molar-refractivity contribution in [2.75, 3.05) is 5.32 Å². The van der Waals surface area contributed by atoms with Crippen LogP contribution in [0.2, 0.25) is 0 Å². The smallest absolute Gasteiger partial charge is 0.354 e. The number of rotatable bonds is 3. The lowest BCUT2D eigenvalue weighted by Crippen LogP contribution is -2.09. The first-order valence-electron chi connectivity index (χ1n) is 6.45. The van der Waals surface area contributed by atoms with E-state index in [1.807, 2.05) is 42.5 Å². The second-order valence-corrected chi connectivity index (χ2v) is 6.28. The van der Waals surface area contributed by atoms with Crippen molar-refractivity contribution in [2.24, 2.45) is 0 Å². The predicted molar refractivity (Wildman–Crippen MR) is 85.4 cm³/mol. The molecule has 0 saturated carbocycles. The van der Waals surface area contributed by atoms with E-state index in [0.717, 1.165) is 16.5 Å². The van der Waals surface area contributed by atoms with Crippen LogP contribution in [0.3, 0.4) is 0 Å². The van der Waals surface area contributed by atoms with E-state index in [1.165, 1.54) is 6.07 Å². The van der Waals surface area contributed by atoms with Crippen LogP contribution in [0.15, 0.2) is 66.7 Å². The van der Waals surface area contributed by atoms with Gasteiger partial charge in [0.15, 0.2) is 0 Å². The first kappa shape index (κ1) is 13.8. The molecular formula is C16H14NO3P. The summed E-state index contributed by atoms with van der Waals surface area (Å²) in [4.78, 5) is 18.9. The molecule has 106 valence electrons. The first-order chi connectivity index (χ1) is 10.1. The van der Waals surface area contributed by atoms with Crippen molar-refractivity contribution >= 4 is 35.0 Å². The summed E-state index contributed by atoms with van der Waals surface area (Å²) in [7, 11) is -4.32. The quantitative estimate of drug-likeness (QED) is 0.648. The van der Waals surface area contributed by atoms with Gasteiger partial charge in [-0.15, -0.1) is 0 Å². The van der Waals surface area contributed by atoms with Crippen LogP contribution >= 0.6 is 7.60 Å². The highest BCUT2D eigenvalue weighted by Crippen LogP contribution is 2.37. The van der Waals surface area contributed by atoms with Crippen LogP contribution in [-0.4, -0.2) is 9.79 Å². The van der Waals surface area contributed by atoms with Crippen LogP contribution in [0.1, 0.15) is 0 Å². The number of benzene rings is 3. The third-order valence-corrected chi connectivity index (χ3v) is 4.29. The van der Waals surface area contributed by atoms with Gasteiger partial charge in [-0.1, -0.05) is 48.5 Å². The Balaban J connectivity index is 2.10. The summed E-state index contributed by atoms with van der Waals surface area (Å²) in [6.45, 7) is 0. The number of para-hydroxylation sites is 1. The van der Waals surface area contributed by atoms with Gasteiger partial charge in [-0.3, -0.25) is 4.57 Å². The molecule has 5 heteroatoms. The lowest BCUT2D eigenvalue weighted by molar-refractivity contribution is 0.387. The molecule has 0 spiro atoms. The maximum Gasteiger partial charge on any atom is 0.358 e. The predicted octanol–water partition coefficient (Wildman–Crippen LogP) is 3.39. The molecule has 0 heterocycles. The van der Waals surface area contributed by atoms with Crippen molar-refractivity contribution in [3.8, 4) is 0 Å². The summed E-state index contributed by atoms with van der Waals surface area (Å²) in [5, 5.41) is 5.19. The van der Waals surface area contributed by atoms with E-state index in [2.05, 4.69) is 5.32 Å². The molecule has 0 fully saturated rings. The topological polar surface area (TPSA) is 69.6 Å².